The van der Waals surface area contributed by atoms with Gasteiger partial charge in [-0.1, -0.05) is 69.3 Å². The topological polar surface area (TPSA) is 107 Å². The van der Waals surface area contributed by atoms with E-state index in [0.717, 1.165) is 17.2 Å². The van der Waals surface area contributed by atoms with E-state index < -0.39 is 41.9 Å². The highest BCUT2D eigenvalue weighted by molar-refractivity contribution is 6.04. The lowest BCUT2D eigenvalue weighted by Crippen LogP contribution is -2.66. The molecule has 4 N–H and O–H groups in total. The van der Waals surface area contributed by atoms with Crippen molar-refractivity contribution < 1.29 is 30.0 Å². The number of ether oxygens (including phenoxy) is 1. The fourth-order valence-corrected chi connectivity index (χ4v) is 8.48. The number of benzene rings is 2. The lowest BCUT2D eigenvalue weighted by Gasteiger charge is -2.52. The number of fused-ring (bicyclic) bond motifs is 4. The lowest BCUT2D eigenvalue weighted by molar-refractivity contribution is -0.215. The van der Waals surface area contributed by atoms with Gasteiger partial charge in [0.2, 0.25) is 0 Å². The first kappa shape index (κ1) is 24.8. The largest absolute Gasteiger partial charge is 0.451 e. The van der Waals surface area contributed by atoms with E-state index in [1.807, 2.05) is 43.3 Å². The molecule has 2 aromatic rings. The number of esters is 1. The van der Waals surface area contributed by atoms with Crippen LogP contribution in [0.3, 0.4) is 0 Å². The van der Waals surface area contributed by atoms with Gasteiger partial charge >= 0.3 is 5.97 Å². The summed E-state index contributed by atoms with van der Waals surface area (Å²) in [5.74, 6) is -0.631. The van der Waals surface area contributed by atoms with E-state index in [1.165, 1.54) is 0 Å². The van der Waals surface area contributed by atoms with Crippen molar-refractivity contribution in [3.05, 3.63) is 71.3 Å². The molecule has 196 valence electrons. The molecule has 6 rings (SSSR count). The number of hydrogen-bond donors (Lipinski definition) is 4. The Labute approximate surface area is 217 Å². The van der Waals surface area contributed by atoms with E-state index >= 15 is 0 Å². The summed E-state index contributed by atoms with van der Waals surface area (Å²) in [6, 6.07) is 12.9. The van der Waals surface area contributed by atoms with Gasteiger partial charge in [0.15, 0.2) is 6.10 Å². The van der Waals surface area contributed by atoms with Gasteiger partial charge in [-0.15, -0.1) is 0 Å². The molecular formula is C31H36O6. The van der Waals surface area contributed by atoms with E-state index in [-0.39, 0.29) is 28.7 Å². The van der Waals surface area contributed by atoms with Crippen LogP contribution in [0.4, 0.5) is 0 Å². The molecule has 1 spiro atoms. The molecule has 0 aromatic heterocycles. The van der Waals surface area contributed by atoms with Gasteiger partial charge in [-0.05, 0) is 64.5 Å². The monoisotopic (exact) mass is 504 g/mol. The summed E-state index contributed by atoms with van der Waals surface area (Å²) in [4.78, 5) is 13.6. The third-order valence-corrected chi connectivity index (χ3v) is 10.4. The van der Waals surface area contributed by atoms with E-state index in [2.05, 4.69) is 13.8 Å². The normalized spacial score (nSPS) is 41.6. The highest BCUT2D eigenvalue weighted by Gasteiger charge is 2.76. The van der Waals surface area contributed by atoms with Crippen molar-refractivity contribution in [2.24, 2.45) is 34.5 Å². The zero-order chi connectivity index (χ0) is 26.5. The van der Waals surface area contributed by atoms with Crippen molar-refractivity contribution >= 4 is 16.7 Å². The summed E-state index contributed by atoms with van der Waals surface area (Å²) in [5.41, 5.74) is -2.05. The molecule has 2 fully saturated rings. The predicted octanol–water partition coefficient (Wildman–Crippen LogP) is 3.62. The van der Waals surface area contributed by atoms with Crippen LogP contribution < -0.4 is 0 Å². The Bertz CT molecular complexity index is 1340. The van der Waals surface area contributed by atoms with Gasteiger partial charge in [0.25, 0.3) is 0 Å². The second-order valence-corrected chi connectivity index (χ2v) is 12.4. The summed E-state index contributed by atoms with van der Waals surface area (Å²) >= 11 is 0. The van der Waals surface area contributed by atoms with Crippen LogP contribution in [0.25, 0.3) is 10.8 Å². The van der Waals surface area contributed by atoms with Crippen LogP contribution in [-0.2, 0) is 4.74 Å². The van der Waals surface area contributed by atoms with Crippen LogP contribution in [0.2, 0.25) is 0 Å². The first-order valence-electron chi connectivity index (χ1n) is 13.3. The summed E-state index contributed by atoms with van der Waals surface area (Å²) < 4.78 is 6.07. The van der Waals surface area contributed by atoms with Crippen molar-refractivity contribution in [3.8, 4) is 0 Å². The molecule has 0 radical (unpaired) electrons. The molecule has 6 nitrogen and oxygen atoms in total. The zero-order valence-corrected chi connectivity index (χ0v) is 21.8. The van der Waals surface area contributed by atoms with Crippen LogP contribution in [0.5, 0.6) is 0 Å². The first-order chi connectivity index (χ1) is 17.5. The Morgan fingerprint density at radius 3 is 2.54 bits per heavy atom. The first-order valence-corrected chi connectivity index (χ1v) is 13.3. The van der Waals surface area contributed by atoms with Gasteiger partial charge in [0.05, 0.1) is 23.7 Å². The maximum atomic E-state index is 13.6. The van der Waals surface area contributed by atoms with Crippen LogP contribution >= 0.6 is 0 Å². The summed E-state index contributed by atoms with van der Waals surface area (Å²) in [6.45, 7) is 7.73. The average Bonchev–Trinajstić information content (AvgIpc) is 3.37. The minimum Gasteiger partial charge on any atom is -0.451 e. The van der Waals surface area contributed by atoms with Crippen molar-refractivity contribution in [1.82, 2.24) is 0 Å². The third kappa shape index (κ3) is 3.04. The highest BCUT2D eigenvalue weighted by atomic mass is 16.6. The van der Waals surface area contributed by atoms with E-state index in [9.17, 15) is 25.2 Å². The number of aliphatic hydroxyl groups excluding tert-OH is 3. The Morgan fingerprint density at radius 2 is 1.81 bits per heavy atom. The van der Waals surface area contributed by atoms with Gasteiger partial charge in [0.1, 0.15) is 11.7 Å². The number of hydrogen-bond acceptors (Lipinski definition) is 6. The van der Waals surface area contributed by atoms with Crippen LogP contribution in [0, 0.1) is 34.5 Å². The molecule has 0 aliphatic heterocycles. The number of rotatable bonds is 3. The lowest BCUT2D eigenvalue weighted by atomic mass is 9.58. The Balaban J connectivity index is 1.47. The van der Waals surface area contributed by atoms with Crippen molar-refractivity contribution in [3.63, 3.8) is 0 Å². The number of aliphatic hydroxyl groups is 4. The standard InChI is InChI=1S/C31H36O6/c1-16-14-30-17(2)12-23-24(29(23,3)4)22(26(30)34)13-19(15-32)25(33)31(30,36)27(16)37-28(35)21-11-7-9-18-8-5-6-10-20(18)21/h5-11,13-14,17,22-27,32-34,36H,12,15H2,1-4H3/t17-,22+,23-,24+,25-,26?,27+,30+,31+/m1/s1. The van der Waals surface area contributed by atoms with Crippen molar-refractivity contribution in [1.29, 1.82) is 0 Å². The molecule has 2 saturated carbocycles. The summed E-state index contributed by atoms with van der Waals surface area (Å²) in [7, 11) is 0. The van der Waals surface area contributed by atoms with E-state index in [1.54, 1.807) is 25.1 Å². The molecule has 2 bridgehead atoms. The number of carbonyl (C=O) groups excluding carboxylic acids is 1. The summed E-state index contributed by atoms with van der Waals surface area (Å²) in [5, 5.41) is 48.3. The minimum atomic E-state index is -2.04. The SMILES string of the molecule is CC1=C[C@]23C(O)[C@@H](C=C(CO)[C@@H](O)[C@]2(O)[C@H]1OC(=O)c1cccc2ccccc12)[C@H]1[C@@H](C[C@H]3C)C1(C)C. The molecule has 0 amide bonds. The third-order valence-electron chi connectivity index (χ3n) is 10.4. The Kier molecular flexibility index (Phi) is 5.36. The number of carbonyl (C=O) groups is 1. The second-order valence-electron chi connectivity index (χ2n) is 12.4. The van der Waals surface area contributed by atoms with E-state index in [4.69, 9.17) is 4.74 Å². The maximum absolute atomic E-state index is 13.6. The Hall–Kier alpha value is -2.51. The van der Waals surface area contributed by atoms with Crippen LogP contribution in [0.15, 0.2) is 65.8 Å². The van der Waals surface area contributed by atoms with Crippen LogP contribution in [-0.4, -0.2) is 56.9 Å². The van der Waals surface area contributed by atoms with Gasteiger partial charge in [-0.3, -0.25) is 0 Å². The average molecular weight is 505 g/mol. The van der Waals surface area contributed by atoms with Gasteiger partial charge in [-0.2, -0.15) is 0 Å². The quantitative estimate of drug-likeness (QED) is 0.376. The van der Waals surface area contributed by atoms with Crippen LogP contribution in [0.1, 0.15) is 44.5 Å². The minimum absolute atomic E-state index is 0.0174. The van der Waals surface area contributed by atoms with Crippen molar-refractivity contribution in [2.75, 3.05) is 6.61 Å². The van der Waals surface area contributed by atoms with Gasteiger partial charge < -0.3 is 25.2 Å². The highest BCUT2D eigenvalue weighted by Crippen LogP contribution is 2.72. The molecule has 6 heteroatoms. The smallest absolute Gasteiger partial charge is 0.339 e. The van der Waals surface area contributed by atoms with E-state index in [0.29, 0.717) is 17.1 Å². The fourth-order valence-electron chi connectivity index (χ4n) is 8.48. The molecule has 9 atom stereocenters. The maximum Gasteiger partial charge on any atom is 0.339 e. The summed E-state index contributed by atoms with van der Waals surface area (Å²) in [6.07, 6.45) is 0.685. The Morgan fingerprint density at radius 1 is 1.11 bits per heavy atom. The molecule has 0 heterocycles. The zero-order valence-electron chi connectivity index (χ0n) is 21.8. The van der Waals surface area contributed by atoms with Gasteiger partial charge in [-0.25, -0.2) is 4.79 Å². The fraction of sp³-hybridized carbons (Fsp3) is 0.516. The second kappa shape index (κ2) is 8.00. The van der Waals surface area contributed by atoms with Gasteiger partial charge in [0, 0.05) is 5.92 Å². The molecule has 4 aliphatic rings. The predicted molar refractivity (Wildman–Crippen MR) is 140 cm³/mol. The molecule has 4 aliphatic carbocycles. The molecule has 2 aromatic carbocycles. The molecular weight excluding hydrogens is 468 g/mol. The molecule has 1 unspecified atom stereocenters. The molecule has 37 heavy (non-hydrogen) atoms. The molecule has 0 saturated heterocycles. The van der Waals surface area contributed by atoms with Crippen molar-refractivity contribution in [2.45, 2.75) is 58.0 Å².